The van der Waals surface area contributed by atoms with Gasteiger partial charge in [-0.3, -0.25) is 19.8 Å². The second-order valence-electron chi connectivity index (χ2n) is 24.1. The van der Waals surface area contributed by atoms with Crippen LogP contribution in [0.15, 0.2) is 273 Å². The predicted molar refractivity (Wildman–Crippen MR) is 386 cm³/mol. The summed E-state index contributed by atoms with van der Waals surface area (Å²) in [6.45, 7) is 15.0. The number of hydrogen-bond donors (Lipinski definition) is 0. The Bertz CT molecular complexity index is 5320. The van der Waals surface area contributed by atoms with Crippen LogP contribution in [0.4, 0.5) is 5.69 Å². The quantitative estimate of drug-likeness (QED) is 0.113. The fourth-order valence-corrected chi connectivity index (χ4v) is 13.3. The number of nitrogens with zero attached hydrogens (tertiary/aromatic N) is 9. The summed E-state index contributed by atoms with van der Waals surface area (Å²) in [5.41, 5.74) is 25.0. The number of hydrogen-bond acceptors (Lipinski definition) is 5. The van der Waals surface area contributed by atoms with Gasteiger partial charge in [-0.25, -0.2) is 0 Å². The average molecular weight is 1420 g/mol. The molecule has 0 aliphatic rings. The van der Waals surface area contributed by atoms with Crippen molar-refractivity contribution in [3.05, 3.63) is 330 Å². The van der Waals surface area contributed by atoms with Gasteiger partial charge in [-0.1, -0.05) is 196 Å². The Hall–Kier alpha value is -12.6. The van der Waals surface area contributed by atoms with Crippen LogP contribution in [0.2, 0.25) is 0 Å². The Balaban J connectivity index is 0.00000770. The zero-order valence-corrected chi connectivity index (χ0v) is 55.2. The van der Waals surface area contributed by atoms with E-state index in [1.54, 1.807) is 0 Å². The molecule has 16 aromatic rings. The number of para-hydroxylation sites is 6. The number of imidazole rings is 3. The third-order valence-corrected chi connectivity index (χ3v) is 18.0. The van der Waals surface area contributed by atoms with Crippen molar-refractivity contribution in [2.24, 2.45) is 0 Å². The predicted octanol–water partition coefficient (Wildman–Crippen LogP) is 21.3. The van der Waals surface area contributed by atoms with Crippen LogP contribution in [0.1, 0.15) is 27.8 Å². The molecule has 0 atom stereocenters. The molecule has 10 heteroatoms. The van der Waals surface area contributed by atoms with E-state index in [1.807, 2.05) is 127 Å². The van der Waals surface area contributed by atoms with Crippen LogP contribution in [-0.4, -0.2) is 28.7 Å². The van der Waals surface area contributed by atoms with Gasteiger partial charge >= 0.3 is 20.1 Å². The van der Waals surface area contributed by atoms with E-state index in [-0.39, 0.29) is 20.1 Å². The number of nitriles is 2. The van der Waals surface area contributed by atoms with Gasteiger partial charge in [0.2, 0.25) is 0 Å². The second kappa shape index (κ2) is 25.4. The summed E-state index contributed by atoms with van der Waals surface area (Å²) in [4.78, 5) is 19.7. The minimum absolute atomic E-state index is 0. The maximum absolute atomic E-state index is 11.2. The van der Waals surface area contributed by atoms with Crippen molar-refractivity contribution in [3.63, 3.8) is 0 Å². The number of aryl methyl sites for hydroxylation is 3. The fourth-order valence-electron chi connectivity index (χ4n) is 13.3. The van der Waals surface area contributed by atoms with Crippen molar-refractivity contribution >= 4 is 38.8 Å². The monoisotopic (exact) mass is 1420 g/mol. The molecule has 3 heterocycles. The van der Waals surface area contributed by atoms with E-state index in [4.69, 9.17) is 21.5 Å². The van der Waals surface area contributed by atoms with E-state index in [2.05, 4.69) is 215 Å². The SMILES string of the molecule is [C-]#[N+]c1cc(-c2nc3ccccc3n2-c2ccc(C)cc2)[c-]cc1-c1ccccc1-c1cc(-c2ccccc2-c2c[c-]c(-c3nc4ccccc4n3-c3ccc(C)cc3)cc2C#N)cc(-c2ccccc2-c2c[c-]c(-c3nc4ccccc4n3-c3ccc(C)cc3)cc2C#N)c1.[Ir+3]. The third-order valence-electron chi connectivity index (χ3n) is 18.0. The summed E-state index contributed by atoms with van der Waals surface area (Å²) in [7, 11) is 0. The molecule has 3 aromatic heterocycles. The van der Waals surface area contributed by atoms with Gasteiger partial charge in [0.1, 0.15) is 5.69 Å². The minimum atomic E-state index is 0. The van der Waals surface area contributed by atoms with Crippen LogP contribution < -0.4 is 0 Å². The zero-order chi connectivity index (χ0) is 65.0. The summed E-state index contributed by atoms with van der Waals surface area (Å²) in [5.74, 6) is 2.04. The van der Waals surface area contributed by atoms with E-state index in [0.29, 0.717) is 67.7 Å². The first-order valence-electron chi connectivity index (χ1n) is 31.6. The maximum atomic E-state index is 11.2. The average Bonchev–Trinajstić information content (AvgIpc) is 1.74. The van der Waals surface area contributed by atoms with E-state index in [1.165, 1.54) is 0 Å². The molecule has 0 bridgehead atoms. The summed E-state index contributed by atoms with van der Waals surface area (Å²) in [6, 6.07) is 108. The molecule has 97 heavy (non-hydrogen) atoms. The van der Waals surface area contributed by atoms with Crippen LogP contribution in [0, 0.1) is 68.2 Å². The molecule has 0 N–H and O–H groups in total. The van der Waals surface area contributed by atoms with Gasteiger partial charge < -0.3 is 13.7 Å². The largest absolute Gasteiger partial charge is 3.00 e. The van der Waals surface area contributed by atoms with Gasteiger partial charge in [0.05, 0.1) is 69.3 Å². The number of fused-ring (bicyclic) bond motifs is 3. The van der Waals surface area contributed by atoms with E-state index in [0.717, 1.165) is 117 Å². The van der Waals surface area contributed by atoms with Gasteiger partial charge in [0.25, 0.3) is 0 Å². The summed E-state index contributed by atoms with van der Waals surface area (Å²) in [6.07, 6.45) is 0. The molecule has 0 amide bonds. The molecule has 13 aromatic carbocycles. The van der Waals surface area contributed by atoms with Crippen LogP contribution in [0.3, 0.4) is 0 Å². The molecule has 0 radical (unpaired) electrons. The van der Waals surface area contributed by atoms with Gasteiger partial charge in [-0.2, -0.15) is 10.5 Å². The van der Waals surface area contributed by atoms with E-state index < -0.39 is 0 Å². The van der Waals surface area contributed by atoms with Crippen molar-refractivity contribution in [1.29, 1.82) is 10.5 Å². The standard InChI is InChI=1S/C87H54N9.Ir/c1-55-29-38-66(39-30-55)94-82-26-14-11-23-78(82)91-85(94)58-35-44-72(64(47-58)53-88)74-20-8-5-17-69(74)61-49-62(70-18-6-9-21-75(70)73-45-36-59(48-65(73)54-89)86-92-79-24-12-15-27-83(79)95(86)67-40-31-56(2)32-41-67)51-63(50-61)71-19-7-10-22-76(71)77-46-37-60(52-81(77)90-4)87-93-80-25-13-16-28-84(80)96(87)68-42-33-57(3)34-43-68;/h5-34,38-52H,1-3H3;/q-3;+3. The first-order valence-corrected chi connectivity index (χ1v) is 31.6. The normalized spacial score (nSPS) is 11.1. The molecule has 9 nitrogen and oxygen atoms in total. The van der Waals surface area contributed by atoms with Gasteiger partial charge in [0.15, 0.2) is 0 Å². The topological polar surface area (TPSA) is 105 Å². The first-order chi connectivity index (χ1) is 47.2. The van der Waals surface area contributed by atoms with E-state index >= 15 is 0 Å². The van der Waals surface area contributed by atoms with Crippen LogP contribution in [0.25, 0.3) is 156 Å². The zero-order valence-electron chi connectivity index (χ0n) is 52.8. The molecule has 0 unspecified atom stereocenters. The van der Waals surface area contributed by atoms with Gasteiger partial charge in [0, 0.05) is 17.1 Å². The van der Waals surface area contributed by atoms with Crippen molar-refractivity contribution in [2.75, 3.05) is 0 Å². The molecular formula is C87H54IrN9. The van der Waals surface area contributed by atoms with Crippen molar-refractivity contribution in [1.82, 2.24) is 28.7 Å². The molecule has 0 aliphatic heterocycles. The first kappa shape index (κ1) is 60.6. The summed E-state index contributed by atoms with van der Waals surface area (Å²) < 4.78 is 6.39. The van der Waals surface area contributed by atoms with Crippen molar-refractivity contribution in [2.45, 2.75) is 20.8 Å². The Labute approximate surface area is 575 Å². The third kappa shape index (κ3) is 11.0. The molecule has 0 saturated carbocycles. The Morgan fingerprint density at radius 1 is 0.340 bits per heavy atom. The molecule has 0 aliphatic carbocycles. The minimum Gasteiger partial charge on any atom is -0.333 e. The number of aromatic nitrogens is 6. The van der Waals surface area contributed by atoms with Crippen LogP contribution in [-0.2, 0) is 20.1 Å². The maximum Gasteiger partial charge on any atom is 3.00 e. The molecule has 0 fully saturated rings. The van der Waals surface area contributed by atoms with Gasteiger partial charge in [-0.15, -0.1) is 71.3 Å². The number of benzene rings is 13. The smallest absolute Gasteiger partial charge is 0.333 e. The Kier molecular flexibility index (Phi) is 15.9. The van der Waals surface area contributed by atoms with Crippen molar-refractivity contribution in [3.8, 4) is 130 Å². The summed E-state index contributed by atoms with van der Waals surface area (Å²) in [5, 5.41) is 22.5. The van der Waals surface area contributed by atoms with Gasteiger partial charge in [-0.05, 0) is 156 Å². The van der Waals surface area contributed by atoms with Crippen molar-refractivity contribution < 1.29 is 20.1 Å². The summed E-state index contributed by atoms with van der Waals surface area (Å²) >= 11 is 0. The van der Waals surface area contributed by atoms with Crippen LogP contribution in [0.5, 0.6) is 0 Å². The molecule has 16 rings (SSSR count). The fraction of sp³-hybridized carbons (Fsp3) is 0.0345. The molecule has 0 saturated heterocycles. The molecular weight excluding hydrogens is 1360 g/mol. The molecule has 456 valence electrons. The Morgan fingerprint density at radius 3 is 0.959 bits per heavy atom. The van der Waals surface area contributed by atoms with Crippen LogP contribution >= 0.6 is 0 Å². The Morgan fingerprint density at radius 2 is 0.629 bits per heavy atom. The second-order valence-corrected chi connectivity index (χ2v) is 24.1. The number of rotatable bonds is 12. The van der Waals surface area contributed by atoms with E-state index in [9.17, 15) is 10.5 Å². The molecule has 0 spiro atoms.